The minimum atomic E-state index is -0.659. The van der Waals surface area contributed by atoms with Crippen LogP contribution in [0.3, 0.4) is 0 Å². The maximum Gasteiger partial charge on any atom is 0.303 e. The first kappa shape index (κ1) is 33.5. The number of unbranched alkanes of at least 4 members (excludes halogenated alkanes) is 16. The molecule has 0 aliphatic carbocycles. The second kappa shape index (κ2) is 30.1. The Morgan fingerprint density at radius 2 is 0.655 bits per heavy atom. The van der Waals surface area contributed by atoms with Gasteiger partial charge in [-0.1, -0.05) is 117 Å². The van der Waals surface area contributed by atoms with Crippen LogP contribution in [-0.4, -0.2) is 22.2 Å². The second-order valence-corrected chi connectivity index (χ2v) is 7.94. The number of hydrogen-bond acceptors (Lipinski definition) is 2. The third-order valence-electron chi connectivity index (χ3n) is 4.99. The molecule has 0 rings (SSSR count). The maximum absolute atomic E-state index is 10.2. The van der Waals surface area contributed by atoms with E-state index >= 15 is 0 Å². The first-order valence-electron chi connectivity index (χ1n) is 12.0. The van der Waals surface area contributed by atoms with Gasteiger partial charge in [-0.2, -0.15) is 0 Å². The number of carboxylic acids is 2. The molecule has 0 aromatic carbocycles. The SMILES string of the molecule is CCCCCCCCCCCC(=O)O.CCCCCCCCCCCC(=O)O.[Cd]. The van der Waals surface area contributed by atoms with Crippen molar-refractivity contribution in [2.75, 3.05) is 0 Å². The monoisotopic (exact) mass is 514 g/mol. The van der Waals surface area contributed by atoms with Gasteiger partial charge in [0.25, 0.3) is 0 Å². The van der Waals surface area contributed by atoms with Crippen LogP contribution in [0.25, 0.3) is 0 Å². The number of hydrogen-bond donors (Lipinski definition) is 2. The summed E-state index contributed by atoms with van der Waals surface area (Å²) < 4.78 is 0. The van der Waals surface area contributed by atoms with Crippen molar-refractivity contribution in [3.8, 4) is 0 Å². The summed E-state index contributed by atoms with van der Waals surface area (Å²) in [6, 6.07) is 0. The predicted octanol–water partition coefficient (Wildman–Crippen LogP) is 7.98. The van der Waals surface area contributed by atoms with Crippen LogP contribution >= 0.6 is 0 Å². The summed E-state index contributed by atoms with van der Waals surface area (Å²) in [5.74, 6) is -1.32. The molecule has 0 heterocycles. The van der Waals surface area contributed by atoms with Crippen LogP contribution in [0.1, 0.15) is 142 Å². The van der Waals surface area contributed by atoms with Crippen LogP contribution in [0.5, 0.6) is 0 Å². The smallest absolute Gasteiger partial charge is 0.303 e. The van der Waals surface area contributed by atoms with Gasteiger partial charge in [-0.15, -0.1) is 0 Å². The molecule has 0 saturated heterocycles. The minimum absolute atomic E-state index is 0. The van der Waals surface area contributed by atoms with Crippen molar-refractivity contribution in [3.05, 3.63) is 0 Å². The van der Waals surface area contributed by atoms with Crippen molar-refractivity contribution in [1.29, 1.82) is 0 Å². The molecule has 0 unspecified atom stereocenters. The Balaban J connectivity index is -0.000000451. The van der Waals surface area contributed by atoms with Crippen molar-refractivity contribution in [2.45, 2.75) is 142 Å². The van der Waals surface area contributed by atoms with Crippen molar-refractivity contribution in [1.82, 2.24) is 0 Å². The summed E-state index contributed by atoms with van der Waals surface area (Å²) in [5, 5.41) is 16.8. The molecular weight excluding hydrogens is 465 g/mol. The fourth-order valence-electron chi connectivity index (χ4n) is 3.17. The van der Waals surface area contributed by atoms with E-state index in [1.165, 1.54) is 89.9 Å². The van der Waals surface area contributed by atoms with Gasteiger partial charge < -0.3 is 10.2 Å². The zero-order valence-electron chi connectivity index (χ0n) is 19.6. The van der Waals surface area contributed by atoms with Gasteiger partial charge in [0.1, 0.15) is 0 Å². The number of carbonyl (C=O) groups is 2. The molecule has 0 amide bonds. The molecule has 0 aromatic rings. The fraction of sp³-hybridized carbons (Fsp3) is 0.917. The van der Waals surface area contributed by atoms with Crippen LogP contribution in [0.15, 0.2) is 0 Å². The van der Waals surface area contributed by atoms with E-state index in [1.54, 1.807) is 0 Å². The Bertz CT molecular complexity index is 303. The molecule has 0 atom stereocenters. The molecule has 170 valence electrons. The van der Waals surface area contributed by atoms with Gasteiger partial charge in [0.15, 0.2) is 0 Å². The molecule has 4 nitrogen and oxygen atoms in total. The molecule has 5 heteroatoms. The minimum Gasteiger partial charge on any atom is -0.481 e. The Kier molecular flexibility index (Phi) is 34.7. The fourth-order valence-corrected chi connectivity index (χ4v) is 3.17. The van der Waals surface area contributed by atoms with E-state index in [-0.39, 0.29) is 27.3 Å². The first-order valence-corrected chi connectivity index (χ1v) is 12.0. The van der Waals surface area contributed by atoms with Crippen LogP contribution in [-0.2, 0) is 36.9 Å². The summed E-state index contributed by atoms with van der Waals surface area (Å²) in [6.45, 7) is 4.46. The standard InChI is InChI=1S/2C12H24O2.Cd/c2*1-2-3-4-5-6-7-8-9-10-11-12(13)14;/h2*2-11H2,1H3,(H,13,14);. The number of aliphatic carboxylic acids is 2. The number of carboxylic acid groups (broad SMARTS) is 2. The van der Waals surface area contributed by atoms with E-state index in [0.717, 1.165) is 25.7 Å². The third-order valence-corrected chi connectivity index (χ3v) is 4.99. The summed E-state index contributed by atoms with van der Waals surface area (Å²) in [5.41, 5.74) is 0. The largest absolute Gasteiger partial charge is 0.481 e. The molecule has 29 heavy (non-hydrogen) atoms. The third kappa shape index (κ3) is 39.0. The molecule has 0 radical (unpaired) electrons. The zero-order chi connectivity index (χ0) is 21.3. The van der Waals surface area contributed by atoms with Gasteiger partial charge in [-0.3, -0.25) is 9.59 Å². The van der Waals surface area contributed by atoms with E-state index in [4.69, 9.17) is 10.2 Å². The molecule has 0 aromatic heterocycles. The first-order chi connectivity index (χ1) is 13.5. The summed E-state index contributed by atoms with van der Waals surface area (Å²) >= 11 is 0. The van der Waals surface area contributed by atoms with Gasteiger partial charge in [-0.05, 0) is 12.8 Å². The molecule has 0 aliphatic rings. The molecule has 0 fully saturated rings. The van der Waals surface area contributed by atoms with E-state index < -0.39 is 11.9 Å². The van der Waals surface area contributed by atoms with Gasteiger partial charge >= 0.3 is 11.9 Å². The van der Waals surface area contributed by atoms with E-state index in [2.05, 4.69) is 13.8 Å². The Morgan fingerprint density at radius 3 is 0.862 bits per heavy atom. The van der Waals surface area contributed by atoms with Crippen LogP contribution in [0.2, 0.25) is 0 Å². The van der Waals surface area contributed by atoms with Crippen molar-refractivity contribution < 1.29 is 47.1 Å². The van der Waals surface area contributed by atoms with Gasteiger partial charge in [0.2, 0.25) is 0 Å². The van der Waals surface area contributed by atoms with Crippen LogP contribution in [0, 0.1) is 0 Å². The summed E-state index contributed by atoms with van der Waals surface area (Å²) in [6.07, 6.45) is 23.0. The average molecular weight is 513 g/mol. The molecule has 0 aliphatic heterocycles. The summed E-state index contributed by atoms with van der Waals surface area (Å²) in [7, 11) is 0. The Hall–Kier alpha value is -0.138. The van der Waals surface area contributed by atoms with Crippen LogP contribution < -0.4 is 0 Å². The maximum atomic E-state index is 10.2. The zero-order valence-corrected chi connectivity index (χ0v) is 23.6. The van der Waals surface area contributed by atoms with Crippen molar-refractivity contribution in [3.63, 3.8) is 0 Å². The Labute approximate surface area is 200 Å². The van der Waals surface area contributed by atoms with E-state index in [9.17, 15) is 9.59 Å². The molecule has 0 spiro atoms. The quantitative estimate of drug-likeness (QED) is 0.128. The number of rotatable bonds is 20. The van der Waals surface area contributed by atoms with Gasteiger partial charge in [0.05, 0.1) is 0 Å². The summed E-state index contributed by atoms with van der Waals surface area (Å²) in [4.78, 5) is 20.4. The van der Waals surface area contributed by atoms with Crippen molar-refractivity contribution in [2.24, 2.45) is 0 Å². The topological polar surface area (TPSA) is 74.6 Å². The van der Waals surface area contributed by atoms with E-state index in [0.29, 0.717) is 12.8 Å². The second-order valence-electron chi connectivity index (χ2n) is 7.94. The molecule has 0 bridgehead atoms. The van der Waals surface area contributed by atoms with Crippen molar-refractivity contribution >= 4 is 11.9 Å². The normalized spacial score (nSPS) is 10.0. The van der Waals surface area contributed by atoms with Crippen LogP contribution in [0.4, 0.5) is 0 Å². The Morgan fingerprint density at radius 1 is 0.448 bits per heavy atom. The molecule has 0 saturated carbocycles. The molecular formula is C24H48CdO4. The predicted molar refractivity (Wildman–Crippen MR) is 119 cm³/mol. The van der Waals surface area contributed by atoms with E-state index in [1.807, 2.05) is 0 Å². The van der Waals surface area contributed by atoms with Gasteiger partial charge in [-0.25, -0.2) is 0 Å². The van der Waals surface area contributed by atoms with Gasteiger partial charge in [0, 0.05) is 40.1 Å². The molecule has 2 N–H and O–H groups in total. The average Bonchev–Trinajstić information content (AvgIpc) is 2.65.